The van der Waals surface area contributed by atoms with Crippen LogP contribution in [0.1, 0.15) is 12.5 Å². The van der Waals surface area contributed by atoms with Crippen LogP contribution >= 0.6 is 23.2 Å². The topological polar surface area (TPSA) is 21.6 Å². The van der Waals surface area contributed by atoms with Gasteiger partial charge in [0.2, 0.25) is 0 Å². The highest BCUT2D eigenvalue weighted by Crippen LogP contribution is 2.26. The van der Waals surface area contributed by atoms with Gasteiger partial charge in [-0.15, -0.1) is 0 Å². The zero-order chi connectivity index (χ0) is 10.7. The first-order valence-electron chi connectivity index (χ1n) is 3.79. The summed E-state index contributed by atoms with van der Waals surface area (Å²) < 4.78 is 12.8. The van der Waals surface area contributed by atoms with E-state index in [1.54, 1.807) is 6.92 Å². The molecule has 14 heavy (non-hydrogen) atoms. The van der Waals surface area contributed by atoms with E-state index in [0.29, 0.717) is 11.3 Å². The summed E-state index contributed by atoms with van der Waals surface area (Å²) in [5.41, 5.74) is 0.985. The molecule has 0 aliphatic rings. The van der Waals surface area contributed by atoms with Crippen LogP contribution in [0.4, 0.5) is 4.39 Å². The molecule has 1 aromatic rings. The summed E-state index contributed by atoms with van der Waals surface area (Å²) in [6, 6.07) is 2.36. The molecule has 0 spiro atoms. The Kier molecular flexibility index (Phi) is 3.72. The van der Waals surface area contributed by atoms with Gasteiger partial charge in [0.1, 0.15) is 12.9 Å². The van der Waals surface area contributed by atoms with Gasteiger partial charge in [0.25, 0.3) is 0 Å². The van der Waals surface area contributed by atoms with Crippen molar-refractivity contribution in [2.24, 2.45) is 5.16 Å². The van der Waals surface area contributed by atoms with Gasteiger partial charge in [0.05, 0.1) is 15.8 Å². The molecule has 0 N–H and O–H groups in total. The van der Waals surface area contributed by atoms with E-state index in [1.165, 1.54) is 19.2 Å². The molecule has 0 radical (unpaired) electrons. The highest BCUT2D eigenvalue weighted by Gasteiger charge is 2.11. The first-order chi connectivity index (χ1) is 6.56. The Balaban J connectivity index is 3.27. The lowest BCUT2D eigenvalue weighted by Gasteiger charge is -2.05. The van der Waals surface area contributed by atoms with Crippen molar-refractivity contribution in [2.45, 2.75) is 6.92 Å². The molecule has 0 aromatic heterocycles. The molecule has 0 atom stereocenters. The third-order valence-corrected chi connectivity index (χ3v) is 2.19. The van der Waals surface area contributed by atoms with E-state index in [4.69, 9.17) is 23.2 Å². The second-order valence-electron chi connectivity index (χ2n) is 2.60. The molecular weight excluding hydrogens is 228 g/mol. The van der Waals surface area contributed by atoms with Crippen molar-refractivity contribution in [1.82, 2.24) is 0 Å². The number of oxime groups is 1. The minimum absolute atomic E-state index is 0.216. The lowest BCUT2D eigenvalue weighted by atomic mass is 10.1. The van der Waals surface area contributed by atoms with Crippen LogP contribution in [0.3, 0.4) is 0 Å². The van der Waals surface area contributed by atoms with E-state index in [2.05, 4.69) is 9.99 Å². The van der Waals surface area contributed by atoms with E-state index in [-0.39, 0.29) is 10.0 Å². The Labute approximate surface area is 91.3 Å². The van der Waals surface area contributed by atoms with Gasteiger partial charge in [0.15, 0.2) is 0 Å². The predicted octanol–water partition coefficient (Wildman–Crippen LogP) is 3.50. The van der Waals surface area contributed by atoms with Crippen molar-refractivity contribution in [2.75, 3.05) is 7.11 Å². The smallest absolute Gasteiger partial charge is 0.126 e. The van der Waals surface area contributed by atoms with Gasteiger partial charge in [-0.25, -0.2) is 4.39 Å². The normalized spacial score (nSPS) is 11.6. The molecule has 0 amide bonds. The molecule has 0 saturated carbocycles. The van der Waals surface area contributed by atoms with E-state index >= 15 is 0 Å². The van der Waals surface area contributed by atoms with Gasteiger partial charge in [-0.05, 0) is 19.1 Å². The summed E-state index contributed by atoms with van der Waals surface area (Å²) in [5.74, 6) is -0.478. The number of hydrogen-bond acceptors (Lipinski definition) is 2. The summed E-state index contributed by atoms with van der Waals surface area (Å²) in [7, 11) is 1.41. The third-order valence-electron chi connectivity index (χ3n) is 1.60. The van der Waals surface area contributed by atoms with Gasteiger partial charge in [-0.1, -0.05) is 28.4 Å². The molecule has 2 nitrogen and oxygen atoms in total. The summed E-state index contributed by atoms with van der Waals surface area (Å²) in [4.78, 5) is 4.58. The van der Waals surface area contributed by atoms with Gasteiger partial charge < -0.3 is 4.84 Å². The second-order valence-corrected chi connectivity index (χ2v) is 3.42. The Morgan fingerprint density at radius 1 is 1.36 bits per heavy atom. The molecule has 5 heteroatoms. The van der Waals surface area contributed by atoms with Gasteiger partial charge in [0, 0.05) is 5.56 Å². The number of hydrogen-bond donors (Lipinski definition) is 0. The summed E-state index contributed by atoms with van der Waals surface area (Å²) in [5, 5.41) is 4.10. The van der Waals surface area contributed by atoms with E-state index in [1.807, 2.05) is 0 Å². The Bertz CT molecular complexity index is 356. The molecule has 0 fully saturated rings. The molecule has 0 aliphatic heterocycles. The minimum atomic E-state index is -0.478. The lowest BCUT2D eigenvalue weighted by Crippen LogP contribution is -1.98. The lowest BCUT2D eigenvalue weighted by molar-refractivity contribution is 0.213. The van der Waals surface area contributed by atoms with Crippen molar-refractivity contribution >= 4 is 28.9 Å². The fourth-order valence-electron chi connectivity index (χ4n) is 1.07. The predicted molar refractivity (Wildman–Crippen MR) is 55.6 cm³/mol. The van der Waals surface area contributed by atoms with Crippen LogP contribution in [-0.2, 0) is 4.84 Å². The van der Waals surface area contributed by atoms with Crippen LogP contribution in [0.15, 0.2) is 17.3 Å². The quantitative estimate of drug-likeness (QED) is 0.568. The number of nitrogens with zero attached hydrogens (tertiary/aromatic N) is 1. The van der Waals surface area contributed by atoms with Crippen molar-refractivity contribution in [3.63, 3.8) is 0 Å². The monoisotopic (exact) mass is 235 g/mol. The number of halogens is 3. The average molecular weight is 236 g/mol. The van der Waals surface area contributed by atoms with Crippen molar-refractivity contribution in [3.05, 3.63) is 33.6 Å². The third kappa shape index (κ3) is 2.36. The maximum atomic E-state index is 12.8. The fraction of sp³-hybridized carbons (Fsp3) is 0.222. The highest BCUT2D eigenvalue weighted by atomic mass is 35.5. The summed E-state index contributed by atoms with van der Waals surface area (Å²) in [6.45, 7) is 1.68. The fourth-order valence-corrected chi connectivity index (χ4v) is 1.80. The minimum Gasteiger partial charge on any atom is -0.399 e. The van der Waals surface area contributed by atoms with E-state index in [0.717, 1.165) is 0 Å². The summed E-state index contributed by atoms with van der Waals surface area (Å²) >= 11 is 11.6. The first kappa shape index (κ1) is 11.3. The molecule has 0 aliphatic carbocycles. The molecule has 0 saturated heterocycles. The van der Waals surface area contributed by atoms with Crippen LogP contribution in [0.25, 0.3) is 0 Å². The molecular formula is C9H8Cl2FNO. The van der Waals surface area contributed by atoms with Crippen LogP contribution in [0, 0.1) is 5.82 Å². The Hall–Kier alpha value is -0.800. The second kappa shape index (κ2) is 4.62. The van der Waals surface area contributed by atoms with Crippen LogP contribution in [-0.4, -0.2) is 12.8 Å². The van der Waals surface area contributed by atoms with E-state index < -0.39 is 5.82 Å². The zero-order valence-electron chi connectivity index (χ0n) is 7.64. The zero-order valence-corrected chi connectivity index (χ0v) is 9.16. The molecule has 1 rings (SSSR count). The van der Waals surface area contributed by atoms with Crippen LogP contribution in [0.5, 0.6) is 0 Å². The van der Waals surface area contributed by atoms with Gasteiger partial charge in [-0.2, -0.15) is 0 Å². The van der Waals surface area contributed by atoms with Crippen LogP contribution in [0.2, 0.25) is 10.0 Å². The van der Waals surface area contributed by atoms with Crippen molar-refractivity contribution in [3.8, 4) is 0 Å². The Morgan fingerprint density at radius 2 is 1.86 bits per heavy atom. The maximum Gasteiger partial charge on any atom is 0.126 e. The van der Waals surface area contributed by atoms with Gasteiger partial charge in [-0.3, -0.25) is 0 Å². The highest BCUT2D eigenvalue weighted by molar-refractivity contribution is 6.40. The first-order valence-corrected chi connectivity index (χ1v) is 4.54. The van der Waals surface area contributed by atoms with E-state index in [9.17, 15) is 4.39 Å². The summed E-state index contributed by atoms with van der Waals surface area (Å²) in [6.07, 6.45) is 0. The molecule has 0 unspecified atom stereocenters. The van der Waals surface area contributed by atoms with Crippen molar-refractivity contribution < 1.29 is 9.23 Å². The maximum absolute atomic E-state index is 12.8. The number of benzene rings is 1. The SMILES string of the molecule is CO/N=C(\C)c1c(Cl)cc(F)cc1Cl. The number of rotatable bonds is 2. The average Bonchev–Trinajstić information content (AvgIpc) is 2.01. The molecule has 76 valence electrons. The molecule has 0 bridgehead atoms. The molecule has 0 heterocycles. The molecule has 1 aromatic carbocycles. The standard InChI is InChI=1S/C9H8Cl2FNO/c1-5(13-14-2)9-7(10)3-6(12)4-8(9)11/h3-4H,1-2H3/b13-5+. The van der Waals surface area contributed by atoms with Gasteiger partial charge >= 0.3 is 0 Å². The van der Waals surface area contributed by atoms with Crippen LogP contribution < -0.4 is 0 Å². The Morgan fingerprint density at radius 3 is 2.29 bits per heavy atom. The largest absolute Gasteiger partial charge is 0.399 e. The van der Waals surface area contributed by atoms with Crippen molar-refractivity contribution in [1.29, 1.82) is 0 Å².